The maximum absolute atomic E-state index is 11.9. The van der Waals surface area contributed by atoms with Crippen molar-refractivity contribution in [2.75, 3.05) is 5.32 Å². The van der Waals surface area contributed by atoms with Crippen molar-refractivity contribution in [3.8, 4) is 0 Å². The average Bonchev–Trinajstić information content (AvgIpc) is 2.74. The van der Waals surface area contributed by atoms with E-state index in [9.17, 15) is 4.79 Å². The SMILES string of the molecule is O=C1OC2(CCCCC2)C/C1=C/Nc1ccccc1. The Morgan fingerprint density at radius 1 is 1.11 bits per heavy atom. The summed E-state index contributed by atoms with van der Waals surface area (Å²) in [5.74, 6) is -0.148. The molecular formula is C16H19NO2. The van der Waals surface area contributed by atoms with Crippen molar-refractivity contribution in [3.63, 3.8) is 0 Å². The van der Waals surface area contributed by atoms with Crippen molar-refractivity contribution in [2.45, 2.75) is 44.1 Å². The number of esters is 1. The van der Waals surface area contributed by atoms with E-state index in [4.69, 9.17) is 4.74 Å². The Labute approximate surface area is 113 Å². The maximum atomic E-state index is 11.9. The van der Waals surface area contributed by atoms with Gasteiger partial charge in [-0.05, 0) is 37.8 Å². The summed E-state index contributed by atoms with van der Waals surface area (Å²) in [6, 6.07) is 9.87. The molecule has 1 aromatic carbocycles. The minimum Gasteiger partial charge on any atom is -0.455 e. The van der Waals surface area contributed by atoms with Crippen molar-refractivity contribution >= 4 is 11.7 Å². The maximum Gasteiger partial charge on any atom is 0.336 e. The van der Waals surface area contributed by atoms with Crippen molar-refractivity contribution in [1.29, 1.82) is 0 Å². The van der Waals surface area contributed by atoms with Crippen molar-refractivity contribution in [1.82, 2.24) is 0 Å². The van der Waals surface area contributed by atoms with Gasteiger partial charge in [0, 0.05) is 18.3 Å². The van der Waals surface area contributed by atoms with Gasteiger partial charge in [-0.2, -0.15) is 0 Å². The minimum absolute atomic E-state index is 0.148. The van der Waals surface area contributed by atoms with Gasteiger partial charge in [0.25, 0.3) is 0 Å². The quantitative estimate of drug-likeness (QED) is 0.649. The van der Waals surface area contributed by atoms with Crippen LogP contribution >= 0.6 is 0 Å². The first kappa shape index (κ1) is 12.3. The summed E-state index contributed by atoms with van der Waals surface area (Å²) in [6.45, 7) is 0. The van der Waals surface area contributed by atoms with Crippen LogP contribution < -0.4 is 5.32 Å². The molecule has 3 rings (SSSR count). The van der Waals surface area contributed by atoms with Crippen LogP contribution in [0.1, 0.15) is 38.5 Å². The van der Waals surface area contributed by atoms with Gasteiger partial charge in [0.1, 0.15) is 5.60 Å². The number of carbonyl (C=O) groups is 1. The Bertz CT molecular complexity index is 487. The molecular weight excluding hydrogens is 238 g/mol. The second-order valence-electron chi connectivity index (χ2n) is 5.49. The highest BCUT2D eigenvalue weighted by atomic mass is 16.6. The molecule has 0 aromatic heterocycles. The number of carbonyl (C=O) groups excluding carboxylic acids is 1. The van der Waals surface area contributed by atoms with Gasteiger partial charge in [0.15, 0.2) is 0 Å². The molecule has 0 unspecified atom stereocenters. The number of rotatable bonds is 2. The standard InChI is InChI=1S/C16H19NO2/c18-15-13(12-17-14-7-3-1-4-8-14)11-16(19-15)9-5-2-6-10-16/h1,3-4,7-8,12,17H,2,5-6,9-11H2/b13-12-. The molecule has 3 nitrogen and oxygen atoms in total. The van der Waals surface area contributed by atoms with E-state index in [1.807, 2.05) is 30.3 Å². The molecule has 19 heavy (non-hydrogen) atoms. The Balaban J connectivity index is 1.70. The first-order chi connectivity index (χ1) is 9.27. The van der Waals surface area contributed by atoms with E-state index in [0.29, 0.717) is 0 Å². The third-order valence-electron chi connectivity index (χ3n) is 4.04. The van der Waals surface area contributed by atoms with E-state index in [1.165, 1.54) is 19.3 Å². The van der Waals surface area contributed by atoms with Crippen LogP contribution in [0, 0.1) is 0 Å². The van der Waals surface area contributed by atoms with Crippen molar-refractivity contribution < 1.29 is 9.53 Å². The van der Waals surface area contributed by atoms with Crippen LogP contribution in [0.2, 0.25) is 0 Å². The molecule has 2 fully saturated rings. The molecule has 100 valence electrons. The molecule has 0 radical (unpaired) electrons. The average molecular weight is 257 g/mol. The fourth-order valence-electron chi connectivity index (χ4n) is 3.01. The van der Waals surface area contributed by atoms with Crippen molar-refractivity contribution in [2.24, 2.45) is 0 Å². The molecule has 1 aliphatic carbocycles. The molecule has 2 aliphatic rings. The smallest absolute Gasteiger partial charge is 0.336 e. The predicted octanol–water partition coefficient (Wildman–Crippen LogP) is 3.63. The van der Waals surface area contributed by atoms with Gasteiger partial charge < -0.3 is 10.1 Å². The highest BCUT2D eigenvalue weighted by Gasteiger charge is 2.43. The van der Waals surface area contributed by atoms with Gasteiger partial charge in [-0.25, -0.2) is 4.79 Å². The molecule has 0 bridgehead atoms. The third-order valence-corrected chi connectivity index (χ3v) is 4.04. The highest BCUT2D eigenvalue weighted by molar-refractivity contribution is 5.91. The second kappa shape index (κ2) is 5.08. The summed E-state index contributed by atoms with van der Waals surface area (Å²) < 4.78 is 5.64. The van der Waals surface area contributed by atoms with Crippen LogP contribution in [0.4, 0.5) is 5.69 Å². The van der Waals surface area contributed by atoms with Crippen molar-refractivity contribution in [3.05, 3.63) is 42.1 Å². The van der Waals surface area contributed by atoms with E-state index in [2.05, 4.69) is 5.32 Å². The molecule has 1 aromatic rings. The van der Waals surface area contributed by atoms with E-state index in [-0.39, 0.29) is 11.6 Å². The lowest BCUT2D eigenvalue weighted by Gasteiger charge is -2.31. The van der Waals surface area contributed by atoms with Crippen LogP contribution in [-0.2, 0) is 9.53 Å². The molecule has 1 saturated carbocycles. The zero-order valence-electron chi connectivity index (χ0n) is 11.0. The number of benzene rings is 1. The lowest BCUT2D eigenvalue weighted by atomic mass is 9.82. The zero-order chi connectivity index (χ0) is 13.1. The Morgan fingerprint density at radius 2 is 1.84 bits per heavy atom. The first-order valence-corrected chi connectivity index (χ1v) is 7.01. The van der Waals surface area contributed by atoms with E-state index < -0.39 is 0 Å². The Kier molecular flexibility index (Phi) is 3.28. The van der Waals surface area contributed by atoms with E-state index in [1.54, 1.807) is 6.20 Å². The largest absolute Gasteiger partial charge is 0.455 e. The Hall–Kier alpha value is -1.77. The molecule has 3 heteroatoms. The molecule has 1 N–H and O–H groups in total. The number of hydrogen-bond acceptors (Lipinski definition) is 3. The summed E-state index contributed by atoms with van der Waals surface area (Å²) in [4.78, 5) is 11.9. The van der Waals surface area contributed by atoms with Crippen LogP contribution in [-0.4, -0.2) is 11.6 Å². The van der Waals surface area contributed by atoms with Gasteiger partial charge in [-0.1, -0.05) is 24.6 Å². The first-order valence-electron chi connectivity index (χ1n) is 7.01. The van der Waals surface area contributed by atoms with Crippen LogP contribution in [0.25, 0.3) is 0 Å². The summed E-state index contributed by atoms with van der Waals surface area (Å²) >= 11 is 0. The van der Waals surface area contributed by atoms with E-state index in [0.717, 1.165) is 30.5 Å². The zero-order valence-corrected chi connectivity index (χ0v) is 11.0. The summed E-state index contributed by atoms with van der Waals surface area (Å²) in [7, 11) is 0. The fourth-order valence-corrected chi connectivity index (χ4v) is 3.01. The third kappa shape index (κ3) is 2.65. The minimum atomic E-state index is -0.195. The van der Waals surface area contributed by atoms with E-state index >= 15 is 0 Å². The topological polar surface area (TPSA) is 38.3 Å². The number of nitrogens with one attached hydrogen (secondary N) is 1. The fraction of sp³-hybridized carbons (Fsp3) is 0.438. The van der Waals surface area contributed by atoms with Crippen LogP contribution in [0.5, 0.6) is 0 Å². The molecule has 1 spiro atoms. The van der Waals surface area contributed by atoms with Gasteiger partial charge >= 0.3 is 5.97 Å². The second-order valence-corrected chi connectivity index (χ2v) is 5.49. The predicted molar refractivity (Wildman–Crippen MR) is 74.7 cm³/mol. The normalized spacial score (nSPS) is 23.6. The highest BCUT2D eigenvalue weighted by Crippen LogP contribution is 2.41. The van der Waals surface area contributed by atoms with Crippen LogP contribution in [0.3, 0.4) is 0 Å². The van der Waals surface area contributed by atoms with Gasteiger partial charge in [-0.15, -0.1) is 0 Å². The number of para-hydroxylation sites is 1. The molecule has 1 heterocycles. The summed E-state index contributed by atoms with van der Waals surface area (Å²) in [6.07, 6.45) is 8.20. The number of anilines is 1. The van der Waals surface area contributed by atoms with Crippen LogP contribution in [0.15, 0.2) is 42.1 Å². The molecule has 1 aliphatic heterocycles. The summed E-state index contributed by atoms with van der Waals surface area (Å²) in [5.41, 5.74) is 1.57. The molecule has 0 atom stereocenters. The summed E-state index contributed by atoms with van der Waals surface area (Å²) in [5, 5.41) is 3.18. The number of hydrogen-bond donors (Lipinski definition) is 1. The molecule has 1 saturated heterocycles. The lowest BCUT2D eigenvalue weighted by molar-refractivity contribution is -0.148. The van der Waals surface area contributed by atoms with Gasteiger partial charge in [-0.3, -0.25) is 0 Å². The van der Waals surface area contributed by atoms with Gasteiger partial charge in [0.05, 0.1) is 5.57 Å². The van der Waals surface area contributed by atoms with Gasteiger partial charge in [0.2, 0.25) is 0 Å². The number of ether oxygens (including phenoxy) is 1. The molecule has 0 amide bonds. The lowest BCUT2D eigenvalue weighted by Crippen LogP contribution is -2.30. The Morgan fingerprint density at radius 3 is 2.58 bits per heavy atom. The monoisotopic (exact) mass is 257 g/mol.